The number of carboxylic acid groups (broad SMARTS) is 1. The molecule has 1 saturated carbocycles. The molecule has 0 atom stereocenters. The first-order valence-electron chi connectivity index (χ1n) is 6.82. The molecule has 0 aliphatic heterocycles. The number of aliphatic carboxylic acids is 1. The van der Waals surface area contributed by atoms with Crippen molar-refractivity contribution in [3.05, 3.63) is 0 Å². The fraction of sp³-hybridized carbons (Fsp3) is 0.923. The van der Waals surface area contributed by atoms with E-state index in [1.165, 1.54) is 0 Å². The fourth-order valence-electron chi connectivity index (χ4n) is 2.44. The number of nitrogens with one attached hydrogen (secondary N) is 1. The monoisotopic (exact) mass is 275 g/mol. The number of hydrogen-bond donors (Lipinski definition) is 5. The molecule has 112 valence electrons. The Morgan fingerprint density at radius 2 is 1.84 bits per heavy atom. The van der Waals surface area contributed by atoms with Gasteiger partial charge < -0.3 is 25.7 Å². The van der Waals surface area contributed by atoms with Crippen LogP contribution in [0.5, 0.6) is 0 Å². The van der Waals surface area contributed by atoms with Gasteiger partial charge in [-0.1, -0.05) is 6.92 Å². The van der Waals surface area contributed by atoms with Crippen LogP contribution < -0.4 is 5.32 Å². The highest BCUT2D eigenvalue weighted by molar-refractivity contribution is 5.70. The third kappa shape index (κ3) is 4.14. The van der Waals surface area contributed by atoms with Crippen LogP contribution in [0.4, 0.5) is 0 Å². The molecule has 0 aromatic rings. The Labute approximate surface area is 113 Å². The van der Waals surface area contributed by atoms with E-state index in [4.69, 9.17) is 5.11 Å². The number of carbonyl (C=O) groups is 1. The van der Waals surface area contributed by atoms with Crippen LogP contribution in [0.1, 0.15) is 39.0 Å². The second-order valence-corrected chi connectivity index (χ2v) is 5.64. The Kier molecular flexibility index (Phi) is 5.73. The van der Waals surface area contributed by atoms with Gasteiger partial charge in [0.15, 0.2) is 0 Å². The van der Waals surface area contributed by atoms with Crippen LogP contribution in [0.2, 0.25) is 0 Å². The molecule has 0 amide bonds. The van der Waals surface area contributed by atoms with Gasteiger partial charge in [0.2, 0.25) is 0 Å². The third-order valence-electron chi connectivity index (χ3n) is 4.34. The van der Waals surface area contributed by atoms with Crippen molar-refractivity contribution in [2.45, 2.75) is 50.2 Å². The van der Waals surface area contributed by atoms with Gasteiger partial charge in [-0.3, -0.25) is 4.79 Å². The second-order valence-electron chi connectivity index (χ2n) is 5.64. The van der Waals surface area contributed by atoms with Crippen molar-refractivity contribution >= 4 is 5.97 Å². The number of hydrogen-bond acceptors (Lipinski definition) is 5. The van der Waals surface area contributed by atoms with Crippen molar-refractivity contribution in [3.63, 3.8) is 0 Å². The van der Waals surface area contributed by atoms with Crippen LogP contribution >= 0.6 is 0 Å². The zero-order valence-electron chi connectivity index (χ0n) is 11.4. The van der Waals surface area contributed by atoms with Crippen LogP contribution in [-0.2, 0) is 4.79 Å². The average Bonchev–Trinajstić information content (AvgIpc) is 2.41. The molecule has 0 radical (unpaired) electrons. The summed E-state index contributed by atoms with van der Waals surface area (Å²) in [7, 11) is 0. The van der Waals surface area contributed by atoms with Crippen LogP contribution in [-0.4, -0.2) is 57.3 Å². The predicted octanol–water partition coefficient (Wildman–Crippen LogP) is -0.285. The molecule has 0 heterocycles. The molecule has 6 nitrogen and oxygen atoms in total. The van der Waals surface area contributed by atoms with E-state index in [1.54, 1.807) is 0 Å². The summed E-state index contributed by atoms with van der Waals surface area (Å²) in [5.74, 6) is -1.17. The topological polar surface area (TPSA) is 110 Å². The standard InChI is InChI=1S/C13H25NO5/c1-2-12(8-15,9-16)14-7-13(19)5-3-10(4-6-13)11(17)18/h10,14-16,19H,2-9H2,1H3,(H,17,18). The van der Waals surface area contributed by atoms with Gasteiger partial charge in [-0.05, 0) is 32.1 Å². The van der Waals surface area contributed by atoms with Crippen molar-refractivity contribution in [1.29, 1.82) is 0 Å². The van der Waals surface area contributed by atoms with Gasteiger partial charge in [0.25, 0.3) is 0 Å². The Morgan fingerprint density at radius 3 is 2.21 bits per heavy atom. The first-order chi connectivity index (χ1) is 8.90. The maximum atomic E-state index is 10.9. The van der Waals surface area contributed by atoms with Crippen molar-refractivity contribution in [1.82, 2.24) is 5.32 Å². The normalized spacial score (nSPS) is 28.3. The van der Waals surface area contributed by atoms with E-state index in [0.717, 1.165) is 0 Å². The lowest BCUT2D eigenvalue weighted by atomic mass is 9.78. The van der Waals surface area contributed by atoms with E-state index >= 15 is 0 Å². The second kappa shape index (κ2) is 6.65. The van der Waals surface area contributed by atoms with Crippen molar-refractivity contribution in [2.24, 2.45) is 5.92 Å². The SMILES string of the molecule is CCC(CO)(CO)NCC1(O)CCC(C(=O)O)CC1. The Morgan fingerprint density at radius 1 is 1.32 bits per heavy atom. The van der Waals surface area contributed by atoms with Gasteiger partial charge in [0.05, 0.1) is 30.3 Å². The first kappa shape index (κ1) is 16.4. The van der Waals surface area contributed by atoms with Gasteiger partial charge in [0, 0.05) is 6.54 Å². The van der Waals surface area contributed by atoms with Gasteiger partial charge in [0.1, 0.15) is 0 Å². The lowest BCUT2D eigenvalue weighted by Crippen LogP contribution is -2.57. The molecular formula is C13H25NO5. The van der Waals surface area contributed by atoms with Crippen molar-refractivity contribution in [3.8, 4) is 0 Å². The molecule has 0 aromatic heterocycles. The summed E-state index contributed by atoms with van der Waals surface area (Å²) in [6, 6.07) is 0. The molecule has 6 heteroatoms. The summed E-state index contributed by atoms with van der Waals surface area (Å²) in [4.78, 5) is 10.9. The smallest absolute Gasteiger partial charge is 0.306 e. The summed E-state index contributed by atoms with van der Waals surface area (Å²) in [6.45, 7) is 1.71. The lowest BCUT2D eigenvalue weighted by molar-refractivity contribution is -0.144. The van der Waals surface area contributed by atoms with Gasteiger partial charge >= 0.3 is 5.97 Å². The molecule has 0 aromatic carbocycles. The molecule has 5 N–H and O–H groups in total. The fourth-order valence-corrected chi connectivity index (χ4v) is 2.44. The maximum Gasteiger partial charge on any atom is 0.306 e. The Hall–Kier alpha value is -0.690. The van der Waals surface area contributed by atoms with Crippen LogP contribution in [0.3, 0.4) is 0 Å². The highest BCUT2D eigenvalue weighted by atomic mass is 16.4. The minimum Gasteiger partial charge on any atom is -0.481 e. The zero-order valence-corrected chi connectivity index (χ0v) is 11.4. The highest BCUT2D eigenvalue weighted by Crippen LogP contribution is 2.32. The molecule has 1 fully saturated rings. The van der Waals surface area contributed by atoms with Crippen LogP contribution in [0.25, 0.3) is 0 Å². The minimum absolute atomic E-state index is 0.201. The molecule has 1 aliphatic rings. The van der Waals surface area contributed by atoms with Gasteiger partial charge in [-0.25, -0.2) is 0 Å². The van der Waals surface area contributed by atoms with E-state index in [1.807, 2.05) is 6.92 Å². The van der Waals surface area contributed by atoms with Crippen molar-refractivity contribution in [2.75, 3.05) is 19.8 Å². The zero-order chi connectivity index (χ0) is 14.5. The van der Waals surface area contributed by atoms with Gasteiger partial charge in [-0.15, -0.1) is 0 Å². The van der Waals surface area contributed by atoms with E-state index in [9.17, 15) is 20.1 Å². The molecule has 1 aliphatic carbocycles. The largest absolute Gasteiger partial charge is 0.481 e. The maximum absolute atomic E-state index is 10.9. The molecule has 0 unspecified atom stereocenters. The molecule has 0 spiro atoms. The summed E-state index contributed by atoms with van der Waals surface area (Å²) >= 11 is 0. The van der Waals surface area contributed by atoms with E-state index in [0.29, 0.717) is 32.1 Å². The third-order valence-corrected chi connectivity index (χ3v) is 4.34. The number of aliphatic hydroxyl groups is 3. The summed E-state index contributed by atoms with van der Waals surface area (Å²) in [6.07, 6.45) is 2.32. The quantitative estimate of drug-likeness (QED) is 0.437. The van der Waals surface area contributed by atoms with Gasteiger partial charge in [-0.2, -0.15) is 0 Å². The Bertz CT molecular complexity index is 287. The lowest BCUT2D eigenvalue weighted by Gasteiger charge is -2.39. The molecular weight excluding hydrogens is 250 g/mol. The molecule has 1 rings (SSSR count). The molecule has 19 heavy (non-hydrogen) atoms. The summed E-state index contributed by atoms with van der Waals surface area (Å²) in [5.41, 5.74) is -1.73. The number of β-amino-alcohol motifs (C(OH)–C–C–N with tert-alkyl or cyclic N) is 1. The number of aliphatic hydroxyl groups excluding tert-OH is 2. The highest BCUT2D eigenvalue weighted by Gasteiger charge is 2.37. The Balaban J connectivity index is 2.51. The number of rotatable bonds is 7. The molecule has 0 bridgehead atoms. The van der Waals surface area contributed by atoms with E-state index in [2.05, 4.69) is 5.32 Å². The van der Waals surface area contributed by atoms with E-state index in [-0.39, 0.29) is 25.7 Å². The van der Waals surface area contributed by atoms with Crippen molar-refractivity contribution < 1.29 is 25.2 Å². The predicted molar refractivity (Wildman–Crippen MR) is 69.7 cm³/mol. The molecule has 0 saturated heterocycles. The summed E-state index contributed by atoms with van der Waals surface area (Å²) in [5, 5.41) is 41.0. The van der Waals surface area contributed by atoms with Crippen LogP contribution in [0, 0.1) is 5.92 Å². The first-order valence-corrected chi connectivity index (χ1v) is 6.82. The average molecular weight is 275 g/mol. The minimum atomic E-state index is -0.948. The summed E-state index contributed by atoms with van der Waals surface area (Å²) < 4.78 is 0. The number of carboxylic acids is 1. The van der Waals surface area contributed by atoms with Crippen LogP contribution in [0.15, 0.2) is 0 Å². The van der Waals surface area contributed by atoms with E-state index < -0.39 is 17.1 Å².